The van der Waals surface area contributed by atoms with Crippen LogP contribution in [-0.4, -0.2) is 11.6 Å². The molecule has 0 radical (unpaired) electrons. The number of fused-ring (bicyclic) bond motifs is 20. The maximum absolute atomic E-state index is 4.91. The molecule has 2 nitrogen and oxygen atoms in total. The number of benzene rings is 11. The highest BCUT2D eigenvalue weighted by molar-refractivity contribution is 6.12. The van der Waals surface area contributed by atoms with Crippen LogP contribution in [0.2, 0.25) is 0 Å². The molecule has 0 saturated heterocycles. The van der Waals surface area contributed by atoms with Crippen molar-refractivity contribution in [3.05, 3.63) is 330 Å². The molecular weight excluding hydrogens is 941 g/mol. The number of hydrogen-bond donors (Lipinski definition) is 0. The van der Waals surface area contributed by atoms with Gasteiger partial charge in [0, 0.05) is 34.9 Å². The Labute approximate surface area is 455 Å². The zero-order valence-corrected chi connectivity index (χ0v) is 43.3. The van der Waals surface area contributed by atoms with Crippen LogP contribution in [0.1, 0.15) is 44.5 Å². The second-order valence-corrected chi connectivity index (χ2v) is 21.6. The molecule has 4 aliphatic carbocycles. The van der Waals surface area contributed by atoms with E-state index in [-0.39, 0.29) is 0 Å². The molecule has 78 heavy (non-hydrogen) atoms. The first-order valence-electron chi connectivity index (χ1n) is 27.3. The van der Waals surface area contributed by atoms with Crippen LogP contribution in [0.25, 0.3) is 83.1 Å². The molecule has 16 rings (SSSR count). The van der Waals surface area contributed by atoms with E-state index in [0.29, 0.717) is 0 Å². The Balaban J connectivity index is 0.898. The third-order valence-corrected chi connectivity index (χ3v) is 17.9. The fourth-order valence-corrected chi connectivity index (χ4v) is 14.5. The molecule has 2 heteroatoms. The zero-order valence-electron chi connectivity index (χ0n) is 43.3. The third kappa shape index (κ3) is 6.09. The molecule has 0 aliphatic heterocycles. The van der Waals surface area contributed by atoms with Crippen LogP contribution in [0.5, 0.6) is 0 Å². The predicted molar refractivity (Wildman–Crippen MR) is 325 cm³/mol. The highest BCUT2D eigenvalue weighted by atomic mass is 15.1. The lowest BCUT2D eigenvalue weighted by Gasteiger charge is -2.36. The number of rotatable bonds is 5. The normalized spacial score (nSPS) is 15.4. The molecule has 0 atom stereocenters. The highest BCUT2D eigenvalue weighted by Gasteiger charge is 2.52. The van der Waals surface area contributed by atoms with Crippen molar-refractivity contribution >= 4 is 33.2 Å². The Morgan fingerprint density at radius 2 is 0.795 bits per heavy atom. The van der Waals surface area contributed by atoms with Crippen LogP contribution in [0, 0.1) is 0 Å². The summed E-state index contributed by atoms with van der Waals surface area (Å²) in [6.45, 7) is 4.91. The average molecular weight is 993 g/mol. The molecular formula is C76H52N2. The number of para-hydroxylation sites is 1. The molecule has 0 fully saturated rings. The van der Waals surface area contributed by atoms with E-state index in [9.17, 15) is 0 Å². The van der Waals surface area contributed by atoms with Gasteiger partial charge in [-0.1, -0.05) is 207 Å². The standard InChI is InChI=1S/C76H52N2/c1-49-19-5-3-6-20-50-33-34-53(47-71(50)75(49)66-28-14-9-23-58(66)59-24-10-15-29-67(59)75)51-36-43-73-64(45-51)65-46-52(37-44-74(65)78(73)57-40-38-56(39-41-57)77(2)55-21-7-4-8-22-55)54-35-42-63-62-27-13-18-32-70(62)76(72(63)48-54)68-30-16-11-25-60(68)61-26-12-17-31-69(61)76/h3-19,21-48H,1,20H2,2H3/b6-3-,19-5-. The SMILES string of the molecule is C=C1/C=C\C=C/Cc2ccc(-c3ccc4c(c3)c3cc(-c5ccc6c(c5)C5(c7ccccc7-c7ccccc75)c5ccccc5-6)ccc3n4-c3ccc(N(C)c4ccccc4)cc3)cc2C12c1ccccc1-c1ccccc12. The lowest BCUT2D eigenvalue weighted by atomic mass is 9.65. The summed E-state index contributed by atoms with van der Waals surface area (Å²) in [4.78, 5) is 2.25. The molecule has 0 N–H and O–H groups in total. The van der Waals surface area contributed by atoms with Crippen LogP contribution < -0.4 is 4.90 Å². The minimum Gasteiger partial charge on any atom is -0.345 e. The summed E-state index contributed by atoms with van der Waals surface area (Å²) in [6.07, 6.45) is 9.68. The zero-order chi connectivity index (χ0) is 51.7. The van der Waals surface area contributed by atoms with Crippen LogP contribution in [0.4, 0.5) is 11.4 Å². The van der Waals surface area contributed by atoms with E-state index >= 15 is 0 Å². The first-order chi connectivity index (χ1) is 38.5. The van der Waals surface area contributed by atoms with Crippen LogP contribution in [0.15, 0.2) is 285 Å². The van der Waals surface area contributed by atoms with E-state index in [0.717, 1.165) is 29.1 Å². The van der Waals surface area contributed by atoms with E-state index in [1.54, 1.807) is 0 Å². The van der Waals surface area contributed by atoms with Crippen LogP contribution >= 0.6 is 0 Å². The Morgan fingerprint density at radius 3 is 1.33 bits per heavy atom. The minimum atomic E-state index is -0.560. The van der Waals surface area contributed by atoms with E-state index in [1.165, 1.54) is 122 Å². The maximum Gasteiger partial charge on any atom is 0.0725 e. The summed E-state index contributed by atoms with van der Waals surface area (Å²) in [6, 6.07) is 93.5. The van der Waals surface area contributed by atoms with Gasteiger partial charge in [0.15, 0.2) is 0 Å². The second kappa shape index (κ2) is 16.9. The fraction of sp³-hybridized carbons (Fsp3) is 0.0526. The molecule has 4 aliphatic rings. The molecule has 2 spiro atoms. The van der Waals surface area contributed by atoms with Crippen molar-refractivity contribution in [2.75, 3.05) is 11.9 Å². The number of allylic oxidation sites excluding steroid dienone is 5. The van der Waals surface area contributed by atoms with Crippen molar-refractivity contribution in [2.24, 2.45) is 0 Å². The molecule has 1 aromatic heterocycles. The van der Waals surface area contributed by atoms with Crippen molar-refractivity contribution in [3.63, 3.8) is 0 Å². The van der Waals surface area contributed by atoms with E-state index < -0.39 is 10.8 Å². The molecule has 11 aromatic carbocycles. The van der Waals surface area contributed by atoms with Gasteiger partial charge in [-0.3, -0.25) is 0 Å². The summed E-state index contributed by atoms with van der Waals surface area (Å²) in [5, 5.41) is 2.43. The molecule has 0 unspecified atom stereocenters. The number of hydrogen-bond acceptors (Lipinski definition) is 1. The van der Waals surface area contributed by atoms with Crippen LogP contribution in [0.3, 0.4) is 0 Å². The Kier molecular flexibility index (Phi) is 9.63. The van der Waals surface area contributed by atoms with E-state index in [4.69, 9.17) is 6.58 Å². The Hall–Kier alpha value is -9.76. The maximum atomic E-state index is 4.91. The minimum absolute atomic E-state index is 0.419. The molecule has 0 amide bonds. The van der Waals surface area contributed by atoms with Crippen molar-refractivity contribution in [2.45, 2.75) is 17.3 Å². The Bertz CT molecular complexity index is 4450. The lowest BCUT2D eigenvalue weighted by Crippen LogP contribution is -2.30. The van der Waals surface area contributed by atoms with Gasteiger partial charge >= 0.3 is 0 Å². The quantitative estimate of drug-likeness (QED) is 0.167. The van der Waals surface area contributed by atoms with Gasteiger partial charge in [0.05, 0.1) is 21.9 Å². The monoisotopic (exact) mass is 992 g/mol. The molecule has 12 aromatic rings. The highest BCUT2D eigenvalue weighted by Crippen LogP contribution is 2.63. The van der Waals surface area contributed by atoms with Crippen molar-refractivity contribution < 1.29 is 0 Å². The number of anilines is 2. The summed E-state index contributed by atoms with van der Waals surface area (Å²) in [7, 11) is 2.14. The summed E-state index contributed by atoms with van der Waals surface area (Å²) < 4.78 is 2.46. The van der Waals surface area contributed by atoms with Gasteiger partial charge in [0.1, 0.15) is 0 Å². The summed E-state index contributed by atoms with van der Waals surface area (Å²) in [5.74, 6) is 0. The smallest absolute Gasteiger partial charge is 0.0725 e. The molecule has 0 saturated carbocycles. The van der Waals surface area contributed by atoms with E-state index in [1.807, 2.05) is 0 Å². The fourth-order valence-electron chi connectivity index (χ4n) is 14.5. The number of aromatic nitrogens is 1. The molecule has 366 valence electrons. The molecule has 1 heterocycles. The lowest BCUT2D eigenvalue weighted by molar-refractivity contribution is 0.760. The van der Waals surface area contributed by atoms with Crippen LogP contribution in [-0.2, 0) is 17.3 Å². The van der Waals surface area contributed by atoms with Gasteiger partial charge in [-0.05, 0) is 185 Å². The summed E-state index contributed by atoms with van der Waals surface area (Å²) >= 11 is 0. The second-order valence-electron chi connectivity index (χ2n) is 21.6. The third-order valence-electron chi connectivity index (χ3n) is 17.9. The average Bonchev–Trinajstić information content (AvgIpc) is 3.42. The predicted octanol–water partition coefficient (Wildman–Crippen LogP) is 18.8. The van der Waals surface area contributed by atoms with Gasteiger partial charge in [-0.2, -0.15) is 0 Å². The van der Waals surface area contributed by atoms with Crippen molar-refractivity contribution in [3.8, 4) is 61.3 Å². The summed E-state index contributed by atoms with van der Waals surface area (Å²) in [5.41, 5.74) is 29.0. The van der Waals surface area contributed by atoms with Gasteiger partial charge in [0.25, 0.3) is 0 Å². The van der Waals surface area contributed by atoms with Gasteiger partial charge in [-0.25, -0.2) is 0 Å². The van der Waals surface area contributed by atoms with E-state index in [2.05, 4.69) is 290 Å². The van der Waals surface area contributed by atoms with Crippen molar-refractivity contribution in [1.29, 1.82) is 0 Å². The molecule has 0 bridgehead atoms. The first kappa shape index (κ1) is 44.5. The topological polar surface area (TPSA) is 8.17 Å². The van der Waals surface area contributed by atoms with Crippen molar-refractivity contribution in [1.82, 2.24) is 4.57 Å². The first-order valence-corrected chi connectivity index (χ1v) is 27.3. The van der Waals surface area contributed by atoms with Gasteiger partial charge < -0.3 is 9.47 Å². The Morgan fingerprint density at radius 1 is 0.372 bits per heavy atom. The largest absolute Gasteiger partial charge is 0.345 e. The van der Waals surface area contributed by atoms with Gasteiger partial charge in [-0.15, -0.1) is 0 Å². The van der Waals surface area contributed by atoms with Gasteiger partial charge in [0.2, 0.25) is 0 Å². The number of nitrogens with zero attached hydrogens (tertiary/aromatic N) is 2.